The van der Waals surface area contributed by atoms with Crippen LogP contribution >= 0.6 is 0 Å². The summed E-state index contributed by atoms with van der Waals surface area (Å²) < 4.78 is 73.1. The van der Waals surface area contributed by atoms with Crippen LogP contribution < -0.4 is 4.90 Å². The standard InChI is InChI=1S/C31H31F5N6O/c1-40-19-38-39-27(40)14-29(12-21(13-29)15-37)22-5-4-6-23(11-22)42-17-25-24(28(42)43)9-20(10-26(25)31(34,35)36)16-41-8-3-2-7-30(32,33)18-41/h4-6,9-11,19,21H,2-3,7-8,12-14,16-18H2,1H3/t21-,29-. The fourth-order valence-corrected chi connectivity index (χ4v) is 6.85. The molecule has 3 aliphatic rings. The number of aromatic nitrogens is 3. The van der Waals surface area contributed by atoms with Gasteiger partial charge in [0.25, 0.3) is 11.8 Å². The Kier molecular flexibility index (Phi) is 7.27. The van der Waals surface area contributed by atoms with Gasteiger partial charge in [-0.2, -0.15) is 18.4 Å². The smallest absolute Gasteiger partial charge is 0.321 e. The van der Waals surface area contributed by atoms with E-state index < -0.39 is 35.5 Å². The Bertz CT molecular complexity index is 1590. The van der Waals surface area contributed by atoms with Crippen LogP contribution in [-0.2, 0) is 38.1 Å². The Hall–Kier alpha value is -3.85. The molecule has 2 aromatic carbocycles. The zero-order chi connectivity index (χ0) is 30.6. The number of aryl methyl sites for hydroxylation is 1. The number of hydrogen-bond acceptors (Lipinski definition) is 5. The third kappa shape index (κ3) is 5.62. The highest BCUT2D eigenvalue weighted by molar-refractivity contribution is 6.10. The summed E-state index contributed by atoms with van der Waals surface area (Å²) >= 11 is 0. The minimum atomic E-state index is -4.72. The van der Waals surface area contributed by atoms with E-state index in [4.69, 9.17) is 0 Å². The van der Waals surface area contributed by atoms with Crippen LogP contribution in [0.4, 0.5) is 27.6 Å². The van der Waals surface area contributed by atoms with E-state index >= 15 is 0 Å². The van der Waals surface area contributed by atoms with E-state index in [0.717, 1.165) is 17.5 Å². The maximum atomic E-state index is 14.3. The fraction of sp³-hybridized carbons (Fsp3) is 0.484. The first kappa shape index (κ1) is 29.2. The lowest BCUT2D eigenvalue weighted by Crippen LogP contribution is -2.43. The third-order valence-corrected chi connectivity index (χ3v) is 9.06. The molecule has 0 bridgehead atoms. The summed E-state index contributed by atoms with van der Waals surface area (Å²) in [6.07, 6.45) is -0.782. The van der Waals surface area contributed by atoms with Crippen molar-refractivity contribution in [1.82, 2.24) is 19.7 Å². The molecule has 1 aliphatic carbocycles. The number of fused-ring (bicyclic) bond motifs is 1. The number of nitriles is 1. The second-order valence-electron chi connectivity index (χ2n) is 12.2. The van der Waals surface area contributed by atoms with E-state index in [1.807, 2.05) is 23.7 Å². The summed E-state index contributed by atoms with van der Waals surface area (Å²) in [7, 11) is 1.84. The van der Waals surface area contributed by atoms with Crippen molar-refractivity contribution in [3.63, 3.8) is 0 Å². The molecule has 0 spiro atoms. The van der Waals surface area contributed by atoms with Crippen LogP contribution in [-0.4, -0.2) is 44.6 Å². The van der Waals surface area contributed by atoms with Gasteiger partial charge in [-0.25, -0.2) is 8.78 Å². The van der Waals surface area contributed by atoms with E-state index in [9.17, 15) is 32.0 Å². The minimum absolute atomic E-state index is 0.0567. The molecule has 0 unspecified atom stereocenters. The number of anilines is 1. The maximum Gasteiger partial charge on any atom is 0.416 e. The van der Waals surface area contributed by atoms with Crippen LogP contribution in [0.25, 0.3) is 0 Å². The van der Waals surface area contributed by atoms with Gasteiger partial charge in [-0.3, -0.25) is 9.69 Å². The van der Waals surface area contributed by atoms with Gasteiger partial charge in [0.05, 0.1) is 24.7 Å². The zero-order valence-electron chi connectivity index (χ0n) is 23.7. The topological polar surface area (TPSA) is 78.1 Å². The first-order valence-corrected chi connectivity index (χ1v) is 14.4. The Morgan fingerprint density at radius 2 is 1.93 bits per heavy atom. The normalized spacial score (nSPS) is 23.9. The zero-order valence-corrected chi connectivity index (χ0v) is 23.7. The lowest BCUT2D eigenvalue weighted by atomic mass is 9.57. The summed E-state index contributed by atoms with van der Waals surface area (Å²) in [6, 6.07) is 11.9. The molecule has 6 rings (SSSR count). The molecule has 12 heteroatoms. The lowest BCUT2D eigenvalue weighted by Gasteiger charge is -2.45. The number of likely N-dealkylation sites (tertiary alicyclic amines) is 1. The van der Waals surface area contributed by atoms with Gasteiger partial charge in [0, 0.05) is 49.0 Å². The lowest BCUT2D eigenvalue weighted by molar-refractivity contribution is -0.138. The van der Waals surface area contributed by atoms with Gasteiger partial charge in [0.1, 0.15) is 12.2 Å². The first-order valence-electron chi connectivity index (χ1n) is 14.4. The van der Waals surface area contributed by atoms with Crippen LogP contribution in [0.5, 0.6) is 0 Å². The van der Waals surface area contributed by atoms with Gasteiger partial charge in [-0.1, -0.05) is 12.1 Å². The van der Waals surface area contributed by atoms with E-state index in [1.165, 1.54) is 15.9 Å². The molecule has 1 aromatic heterocycles. The number of alkyl halides is 5. The first-order chi connectivity index (χ1) is 20.4. The number of carbonyl (C=O) groups excluding carboxylic acids is 1. The number of nitrogens with zero attached hydrogens (tertiary/aromatic N) is 6. The van der Waals surface area contributed by atoms with Gasteiger partial charge in [-0.05, 0) is 73.2 Å². The highest BCUT2D eigenvalue weighted by Crippen LogP contribution is 2.50. The Morgan fingerprint density at radius 1 is 1.14 bits per heavy atom. The highest BCUT2D eigenvalue weighted by Gasteiger charge is 2.47. The second-order valence-corrected chi connectivity index (χ2v) is 12.2. The quantitative estimate of drug-likeness (QED) is 0.324. The van der Waals surface area contributed by atoms with Crippen molar-refractivity contribution in [3.8, 4) is 6.07 Å². The molecule has 1 amide bonds. The molecule has 0 atom stereocenters. The molecule has 2 aliphatic heterocycles. The van der Waals surface area contributed by atoms with Crippen molar-refractivity contribution in [1.29, 1.82) is 5.26 Å². The van der Waals surface area contributed by atoms with Gasteiger partial charge in [-0.15, -0.1) is 10.2 Å². The van der Waals surface area contributed by atoms with Gasteiger partial charge < -0.3 is 9.47 Å². The maximum absolute atomic E-state index is 14.3. The number of halogens is 5. The molecule has 226 valence electrons. The predicted octanol–water partition coefficient (Wildman–Crippen LogP) is 6.03. The SMILES string of the molecule is Cn1cnnc1C[C@]1(c2cccc(N3Cc4c(cc(CN5CCCCC(F)(F)C5)cc4C(F)(F)F)C3=O)c2)C[C@H](C#N)C1. The van der Waals surface area contributed by atoms with E-state index in [0.29, 0.717) is 44.3 Å². The Morgan fingerprint density at radius 3 is 2.63 bits per heavy atom. The average molecular weight is 599 g/mol. The van der Waals surface area contributed by atoms with Gasteiger partial charge in [0.2, 0.25) is 0 Å². The van der Waals surface area contributed by atoms with Gasteiger partial charge in [0.15, 0.2) is 0 Å². The van der Waals surface area contributed by atoms with E-state index in [1.54, 1.807) is 18.5 Å². The second kappa shape index (κ2) is 10.7. The van der Waals surface area contributed by atoms with Crippen molar-refractivity contribution in [3.05, 3.63) is 76.4 Å². The predicted molar refractivity (Wildman–Crippen MR) is 147 cm³/mol. The number of rotatable bonds is 6. The van der Waals surface area contributed by atoms with Crippen LogP contribution in [0.1, 0.15) is 70.5 Å². The van der Waals surface area contributed by atoms with Crippen LogP contribution in [0.15, 0.2) is 42.7 Å². The largest absolute Gasteiger partial charge is 0.416 e. The van der Waals surface area contributed by atoms with Crippen molar-refractivity contribution in [2.75, 3.05) is 18.0 Å². The van der Waals surface area contributed by atoms with Crippen molar-refractivity contribution in [2.45, 2.75) is 69.1 Å². The average Bonchev–Trinajstić information content (AvgIpc) is 3.43. The van der Waals surface area contributed by atoms with Crippen LogP contribution in [0.3, 0.4) is 0 Å². The summed E-state index contributed by atoms with van der Waals surface area (Å²) in [6.45, 7) is -0.532. The molecule has 3 heterocycles. The summed E-state index contributed by atoms with van der Waals surface area (Å²) in [5.74, 6) is -2.86. The van der Waals surface area contributed by atoms with E-state index in [-0.39, 0.29) is 42.1 Å². The number of amides is 1. The molecule has 43 heavy (non-hydrogen) atoms. The fourth-order valence-electron chi connectivity index (χ4n) is 6.85. The summed E-state index contributed by atoms with van der Waals surface area (Å²) in [4.78, 5) is 16.5. The Labute approximate surface area is 245 Å². The number of hydrogen-bond donors (Lipinski definition) is 0. The monoisotopic (exact) mass is 598 g/mol. The number of carbonyl (C=O) groups is 1. The molecule has 1 saturated heterocycles. The molecule has 1 saturated carbocycles. The summed E-state index contributed by atoms with van der Waals surface area (Å²) in [5.41, 5.74) is 0.0105. The van der Waals surface area contributed by atoms with Crippen molar-refractivity contribution < 1.29 is 26.7 Å². The molecule has 7 nitrogen and oxygen atoms in total. The van der Waals surface area contributed by atoms with Crippen LogP contribution in [0, 0.1) is 17.2 Å². The molecule has 3 aromatic rings. The number of benzene rings is 2. The summed E-state index contributed by atoms with van der Waals surface area (Å²) in [5, 5.41) is 17.7. The van der Waals surface area contributed by atoms with Gasteiger partial charge >= 0.3 is 6.18 Å². The van der Waals surface area contributed by atoms with Crippen molar-refractivity contribution >= 4 is 11.6 Å². The van der Waals surface area contributed by atoms with Crippen molar-refractivity contribution in [2.24, 2.45) is 13.0 Å². The third-order valence-electron chi connectivity index (χ3n) is 9.06. The molecular weight excluding hydrogens is 567 g/mol. The van der Waals surface area contributed by atoms with Crippen LogP contribution in [0.2, 0.25) is 0 Å². The highest BCUT2D eigenvalue weighted by atomic mass is 19.4. The molecule has 0 radical (unpaired) electrons. The van der Waals surface area contributed by atoms with E-state index in [2.05, 4.69) is 16.3 Å². The minimum Gasteiger partial charge on any atom is -0.321 e. The molecular formula is C31H31F5N6O. The molecule has 2 fully saturated rings. The molecule has 0 N–H and O–H groups in total. The Balaban J connectivity index is 1.31.